The maximum Gasteiger partial charge on any atom is 0.220 e. The van der Waals surface area contributed by atoms with Gasteiger partial charge in [-0.3, -0.25) is 4.79 Å². The first-order chi connectivity index (χ1) is 51.8. The van der Waals surface area contributed by atoms with Crippen LogP contribution in [0.4, 0.5) is 0 Å². The summed E-state index contributed by atoms with van der Waals surface area (Å²) in [5.74, 6) is -0.273. The third-order valence-electron chi connectivity index (χ3n) is 21.3. The van der Waals surface area contributed by atoms with Gasteiger partial charge in [0.2, 0.25) is 5.91 Å². The first kappa shape index (κ1) is 97.4. The van der Waals surface area contributed by atoms with E-state index in [1.807, 2.05) is 6.08 Å². The van der Waals surface area contributed by atoms with E-state index in [2.05, 4.69) is 79.9 Å². The highest BCUT2D eigenvalue weighted by atomic mass is 16.8. The Hall–Kier alpha value is -2.77. The molecule has 17 unspecified atom stereocenters. The number of hydrogen-bond donors (Lipinski definition) is 12. The predicted octanol–water partition coefficient (Wildman–Crippen LogP) is 15.6. The SMILES string of the molecule is CC/C=C\C/C=C\C/C=C\C/C=C\C/C=C\CCCCCCCCCCCCCCCCCC(=O)NC(COC1OC(CO)C(OC2OC(CO)C(OC3OC(CO)C(O)C(O)C3O)C(O)C2O)C(O)C1O)C(O)/C=C/CCCCCCCCCCCCCCCCCCCCCCCCCCCCCC. The molecule has 3 fully saturated rings. The zero-order chi connectivity index (χ0) is 76.7. The molecule has 0 bridgehead atoms. The summed E-state index contributed by atoms with van der Waals surface area (Å²) < 4.78 is 34.5. The number of amides is 1. The zero-order valence-corrected chi connectivity index (χ0v) is 66.4. The highest BCUT2D eigenvalue weighted by Crippen LogP contribution is 2.33. The summed E-state index contributed by atoms with van der Waals surface area (Å²) in [7, 11) is 0. The van der Waals surface area contributed by atoms with Crippen LogP contribution in [-0.2, 0) is 33.2 Å². The quantitative estimate of drug-likeness (QED) is 0.0199. The van der Waals surface area contributed by atoms with E-state index in [-0.39, 0.29) is 18.9 Å². The molecule has 0 aromatic heterocycles. The van der Waals surface area contributed by atoms with Gasteiger partial charge >= 0.3 is 0 Å². The van der Waals surface area contributed by atoms with Crippen molar-refractivity contribution in [2.24, 2.45) is 0 Å². The monoisotopic (exact) mass is 1500 g/mol. The van der Waals surface area contributed by atoms with Crippen molar-refractivity contribution in [3.8, 4) is 0 Å². The average Bonchev–Trinajstić information content (AvgIpc) is 0.780. The van der Waals surface area contributed by atoms with Crippen LogP contribution in [0.15, 0.2) is 72.9 Å². The molecule has 3 saturated heterocycles. The Morgan fingerprint density at radius 2 is 0.651 bits per heavy atom. The van der Waals surface area contributed by atoms with Crippen LogP contribution >= 0.6 is 0 Å². The van der Waals surface area contributed by atoms with Gasteiger partial charge in [0, 0.05) is 6.42 Å². The van der Waals surface area contributed by atoms with Gasteiger partial charge in [-0.2, -0.15) is 0 Å². The van der Waals surface area contributed by atoms with Crippen molar-refractivity contribution < 1.29 is 89.4 Å². The summed E-state index contributed by atoms with van der Waals surface area (Å²) in [6.45, 7) is 1.67. The first-order valence-electron chi connectivity index (χ1n) is 43.2. The lowest BCUT2D eigenvalue weighted by Gasteiger charge is -2.48. The third-order valence-corrected chi connectivity index (χ3v) is 21.3. The molecule has 0 aliphatic carbocycles. The summed E-state index contributed by atoms with van der Waals surface area (Å²) >= 11 is 0. The van der Waals surface area contributed by atoms with E-state index in [9.17, 15) is 61.0 Å². The number of allylic oxidation sites excluding steroid dienone is 11. The Labute approximate surface area is 642 Å². The van der Waals surface area contributed by atoms with Crippen LogP contribution in [0.3, 0.4) is 0 Å². The molecule has 0 aromatic carbocycles. The van der Waals surface area contributed by atoms with Gasteiger partial charge in [0.25, 0.3) is 0 Å². The van der Waals surface area contributed by atoms with E-state index in [4.69, 9.17) is 28.4 Å². The summed E-state index contributed by atoms with van der Waals surface area (Å²) in [4.78, 5) is 13.5. The van der Waals surface area contributed by atoms with Gasteiger partial charge in [0.1, 0.15) is 73.2 Å². The van der Waals surface area contributed by atoms with Crippen LogP contribution in [0.25, 0.3) is 0 Å². The van der Waals surface area contributed by atoms with Crippen molar-refractivity contribution in [3.05, 3.63) is 72.9 Å². The molecule has 19 heteroatoms. The molecule has 3 heterocycles. The molecule has 1 amide bonds. The van der Waals surface area contributed by atoms with Crippen LogP contribution in [0.1, 0.15) is 341 Å². The third kappa shape index (κ3) is 45.7. The van der Waals surface area contributed by atoms with Crippen molar-refractivity contribution in [2.45, 2.75) is 446 Å². The normalized spacial score (nSPS) is 26.0. The number of hydrogen-bond acceptors (Lipinski definition) is 18. The average molecular weight is 1510 g/mol. The fourth-order valence-corrected chi connectivity index (χ4v) is 14.4. The summed E-state index contributed by atoms with van der Waals surface area (Å²) in [5.41, 5.74) is 0. The van der Waals surface area contributed by atoms with E-state index >= 15 is 0 Å². The number of rotatable bonds is 69. The molecule has 106 heavy (non-hydrogen) atoms. The molecule has 0 saturated carbocycles. The highest BCUT2D eigenvalue weighted by Gasteiger charge is 2.54. The molecule has 0 radical (unpaired) electrons. The molecule has 0 spiro atoms. The summed E-state index contributed by atoms with van der Waals surface area (Å²) in [5, 5.41) is 121. The van der Waals surface area contributed by atoms with E-state index in [1.54, 1.807) is 6.08 Å². The standard InChI is InChI=1S/C87H157NO18/c1-3-5-7-9-11-13-15-17-19-21-23-25-27-29-31-33-35-37-39-41-43-45-47-49-51-53-55-57-59-61-63-65-75(93)88-70(71(92)64-62-60-58-56-54-52-50-48-46-44-42-40-38-36-34-32-30-28-26-24-22-20-18-16-14-12-10-8-6-4-2)69-101-85-81(99)78(96)83(73(67-90)103-85)106-87-82(100)79(97)84(74(68-91)104-87)105-86-80(98)77(95)76(94)72(66-89)102-86/h5,7,11,13,17,19,23,25,29,31,62,64,70-74,76-87,89-92,94-100H,3-4,6,8-10,12,14-16,18,20-22,24,26-28,30,32-61,63,65-69H2,1-2H3,(H,88,93)/b7-5-,13-11-,19-17-,25-23-,31-29-,64-62+. The van der Waals surface area contributed by atoms with E-state index in [0.29, 0.717) is 6.42 Å². The Bertz CT molecular complexity index is 2190. The lowest BCUT2D eigenvalue weighted by Crippen LogP contribution is -2.66. The smallest absolute Gasteiger partial charge is 0.220 e. The number of aliphatic hydroxyl groups excluding tert-OH is 11. The largest absolute Gasteiger partial charge is 0.394 e. The highest BCUT2D eigenvalue weighted by molar-refractivity contribution is 5.76. The lowest BCUT2D eigenvalue weighted by molar-refractivity contribution is -0.379. The second-order valence-electron chi connectivity index (χ2n) is 30.6. The van der Waals surface area contributed by atoms with Crippen molar-refractivity contribution in [1.29, 1.82) is 0 Å². The molecule has 3 aliphatic rings. The minimum absolute atomic E-state index is 0.241. The Morgan fingerprint density at radius 1 is 0.349 bits per heavy atom. The molecule has 17 atom stereocenters. The summed E-state index contributed by atoms with van der Waals surface area (Å²) in [6.07, 6.45) is 61.8. The second-order valence-corrected chi connectivity index (χ2v) is 30.6. The van der Waals surface area contributed by atoms with Crippen molar-refractivity contribution in [3.63, 3.8) is 0 Å². The Morgan fingerprint density at radius 3 is 1.02 bits per heavy atom. The van der Waals surface area contributed by atoms with Crippen LogP contribution in [-0.4, -0.2) is 193 Å². The molecule has 12 N–H and O–H groups in total. The minimum Gasteiger partial charge on any atom is -0.394 e. The lowest BCUT2D eigenvalue weighted by atomic mass is 9.96. The maximum absolute atomic E-state index is 13.5. The van der Waals surface area contributed by atoms with Gasteiger partial charge in [-0.05, 0) is 64.2 Å². The van der Waals surface area contributed by atoms with Crippen molar-refractivity contribution in [1.82, 2.24) is 5.32 Å². The number of nitrogens with one attached hydrogen (secondary N) is 1. The molecular formula is C87H157NO18. The van der Waals surface area contributed by atoms with E-state index < -0.39 is 124 Å². The summed E-state index contributed by atoms with van der Waals surface area (Å²) in [6, 6.07) is -0.978. The van der Waals surface area contributed by atoms with Gasteiger partial charge < -0.3 is 89.9 Å². The maximum atomic E-state index is 13.5. The number of carbonyl (C=O) groups is 1. The fraction of sp³-hybridized carbons (Fsp3) is 0.851. The number of aliphatic hydroxyl groups is 11. The van der Waals surface area contributed by atoms with Gasteiger partial charge in [-0.25, -0.2) is 0 Å². The number of ether oxygens (including phenoxy) is 6. The minimum atomic E-state index is -1.98. The zero-order valence-electron chi connectivity index (χ0n) is 66.4. The second kappa shape index (κ2) is 66.8. The van der Waals surface area contributed by atoms with Crippen molar-refractivity contribution >= 4 is 5.91 Å². The van der Waals surface area contributed by atoms with Crippen LogP contribution in [0, 0.1) is 0 Å². The predicted molar refractivity (Wildman–Crippen MR) is 425 cm³/mol. The van der Waals surface area contributed by atoms with Crippen molar-refractivity contribution in [2.75, 3.05) is 26.4 Å². The molecule has 3 rings (SSSR count). The van der Waals surface area contributed by atoms with E-state index in [0.717, 1.165) is 77.0 Å². The fourth-order valence-electron chi connectivity index (χ4n) is 14.4. The van der Waals surface area contributed by atoms with Crippen LogP contribution < -0.4 is 5.32 Å². The topological polar surface area (TPSA) is 307 Å². The Balaban J connectivity index is 1.35. The first-order valence-corrected chi connectivity index (χ1v) is 43.2. The molecule has 3 aliphatic heterocycles. The molecule has 618 valence electrons. The molecular weight excluding hydrogens is 1350 g/mol. The number of unbranched alkanes of at least 4 members (excludes halogenated alkanes) is 43. The van der Waals surface area contributed by atoms with E-state index in [1.165, 1.54) is 238 Å². The molecule has 0 aromatic rings. The van der Waals surface area contributed by atoms with Gasteiger partial charge in [0.15, 0.2) is 18.9 Å². The van der Waals surface area contributed by atoms with Crippen LogP contribution in [0.5, 0.6) is 0 Å². The Kier molecular flexibility index (Phi) is 61.4. The van der Waals surface area contributed by atoms with Crippen LogP contribution in [0.2, 0.25) is 0 Å². The van der Waals surface area contributed by atoms with Gasteiger partial charge in [-0.1, -0.05) is 344 Å². The molecule has 19 nitrogen and oxygen atoms in total. The van der Waals surface area contributed by atoms with Gasteiger partial charge in [0.05, 0.1) is 38.6 Å². The number of carbonyl (C=O) groups excluding carboxylic acids is 1. The van der Waals surface area contributed by atoms with Gasteiger partial charge in [-0.15, -0.1) is 0 Å².